The van der Waals surface area contributed by atoms with Gasteiger partial charge < -0.3 is 19.9 Å². The third kappa shape index (κ3) is 5.92. The number of anilines is 2. The number of rotatable bonds is 7. The number of fused-ring (bicyclic) bond motifs is 1. The number of methoxy groups -OCH3 is 1. The van der Waals surface area contributed by atoms with E-state index >= 15 is 0 Å². The molecule has 0 saturated carbocycles. The lowest BCUT2D eigenvalue weighted by molar-refractivity contribution is -0.117. The average molecular weight is 488 g/mol. The fourth-order valence-corrected chi connectivity index (χ4v) is 4.09. The largest absolute Gasteiger partial charge is 0.497 e. The minimum absolute atomic E-state index is 0.0800. The Morgan fingerprint density at radius 2 is 1.67 bits per heavy atom. The van der Waals surface area contributed by atoms with Crippen LogP contribution in [-0.2, 0) is 11.3 Å². The molecule has 186 valence electrons. The van der Waals surface area contributed by atoms with E-state index in [0.29, 0.717) is 34.8 Å². The SMILES string of the molecule is COc1cccc(NC(=O)c2cc3cc(NC(=O)CC(C)(C)C)ccc3n2Cc2ccccc2F)c1. The maximum atomic E-state index is 14.5. The van der Waals surface area contributed by atoms with Crippen LogP contribution in [0.15, 0.2) is 72.8 Å². The summed E-state index contributed by atoms with van der Waals surface area (Å²) in [5, 5.41) is 6.60. The van der Waals surface area contributed by atoms with E-state index in [1.165, 1.54) is 6.07 Å². The van der Waals surface area contributed by atoms with Crippen molar-refractivity contribution in [3.05, 3.63) is 89.9 Å². The summed E-state index contributed by atoms with van der Waals surface area (Å²) in [6.07, 6.45) is 0.382. The Kier molecular flexibility index (Phi) is 7.10. The van der Waals surface area contributed by atoms with Crippen LogP contribution in [0, 0.1) is 11.2 Å². The van der Waals surface area contributed by atoms with Crippen LogP contribution >= 0.6 is 0 Å². The normalized spacial score (nSPS) is 11.4. The predicted molar refractivity (Wildman–Crippen MR) is 141 cm³/mol. The van der Waals surface area contributed by atoms with E-state index in [9.17, 15) is 14.0 Å². The first kappa shape index (κ1) is 25.0. The quantitative estimate of drug-likeness (QED) is 0.314. The number of aromatic nitrogens is 1. The molecule has 0 saturated heterocycles. The van der Waals surface area contributed by atoms with Crippen LogP contribution in [0.1, 0.15) is 43.2 Å². The molecule has 1 heterocycles. The van der Waals surface area contributed by atoms with Crippen LogP contribution in [-0.4, -0.2) is 23.5 Å². The van der Waals surface area contributed by atoms with Gasteiger partial charge in [-0.2, -0.15) is 0 Å². The van der Waals surface area contributed by atoms with Crippen molar-refractivity contribution in [1.82, 2.24) is 4.57 Å². The van der Waals surface area contributed by atoms with Gasteiger partial charge in [-0.05, 0) is 47.9 Å². The minimum atomic E-state index is -0.343. The number of hydrogen-bond donors (Lipinski definition) is 2. The van der Waals surface area contributed by atoms with Crippen molar-refractivity contribution in [2.45, 2.75) is 33.7 Å². The molecule has 0 bridgehead atoms. The number of carbonyl (C=O) groups is 2. The molecule has 0 unspecified atom stereocenters. The molecule has 4 rings (SSSR count). The van der Waals surface area contributed by atoms with Gasteiger partial charge in [0, 0.05) is 40.3 Å². The molecular weight excluding hydrogens is 457 g/mol. The molecule has 0 radical (unpaired) electrons. The third-order valence-electron chi connectivity index (χ3n) is 5.72. The molecule has 2 amide bonds. The van der Waals surface area contributed by atoms with E-state index < -0.39 is 0 Å². The van der Waals surface area contributed by atoms with Crippen molar-refractivity contribution < 1.29 is 18.7 Å². The van der Waals surface area contributed by atoms with Gasteiger partial charge in [0.1, 0.15) is 17.3 Å². The number of benzene rings is 3. The molecule has 0 aliphatic heterocycles. The molecule has 0 spiro atoms. The average Bonchev–Trinajstić information content (AvgIpc) is 3.17. The van der Waals surface area contributed by atoms with Gasteiger partial charge >= 0.3 is 0 Å². The molecule has 0 atom stereocenters. The zero-order valence-corrected chi connectivity index (χ0v) is 20.9. The Morgan fingerprint density at radius 3 is 2.39 bits per heavy atom. The molecule has 3 aromatic carbocycles. The van der Waals surface area contributed by atoms with Crippen molar-refractivity contribution in [2.24, 2.45) is 5.41 Å². The number of nitrogens with zero attached hydrogens (tertiary/aromatic N) is 1. The smallest absolute Gasteiger partial charge is 0.272 e. The van der Waals surface area contributed by atoms with Gasteiger partial charge in [-0.15, -0.1) is 0 Å². The van der Waals surface area contributed by atoms with E-state index in [4.69, 9.17) is 4.74 Å². The lowest BCUT2D eigenvalue weighted by Gasteiger charge is -2.17. The second-order valence-electron chi connectivity index (χ2n) is 9.95. The Balaban J connectivity index is 1.71. The molecule has 1 aromatic heterocycles. The summed E-state index contributed by atoms with van der Waals surface area (Å²) < 4.78 is 21.5. The first-order valence-electron chi connectivity index (χ1n) is 11.7. The molecule has 36 heavy (non-hydrogen) atoms. The van der Waals surface area contributed by atoms with E-state index in [0.717, 1.165) is 10.9 Å². The summed E-state index contributed by atoms with van der Waals surface area (Å²) in [7, 11) is 1.56. The van der Waals surface area contributed by atoms with Crippen LogP contribution in [0.4, 0.5) is 15.8 Å². The monoisotopic (exact) mass is 487 g/mol. The Morgan fingerprint density at radius 1 is 0.917 bits per heavy atom. The summed E-state index contributed by atoms with van der Waals surface area (Å²) in [5.74, 6) is -0.141. The maximum Gasteiger partial charge on any atom is 0.272 e. The Hall–Kier alpha value is -4.13. The third-order valence-corrected chi connectivity index (χ3v) is 5.72. The Bertz CT molecular complexity index is 1420. The number of halogens is 1. The fourth-order valence-electron chi connectivity index (χ4n) is 4.09. The van der Waals surface area contributed by atoms with Crippen LogP contribution in [0.25, 0.3) is 10.9 Å². The summed E-state index contributed by atoms with van der Waals surface area (Å²) in [4.78, 5) is 25.8. The second kappa shape index (κ2) is 10.2. The highest BCUT2D eigenvalue weighted by Crippen LogP contribution is 2.27. The first-order chi connectivity index (χ1) is 17.1. The van der Waals surface area contributed by atoms with Crippen LogP contribution in [0.2, 0.25) is 0 Å². The lowest BCUT2D eigenvalue weighted by Crippen LogP contribution is -2.19. The number of nitrogens with one attached hydrogen (secondary N) is 2. The van der Waals surface area contributed by atoms with Gasteiger partial charge in [-0.1, -0.05) is 45.0 Å². The highest BCUT2D eigenvalue weighted by molar-refractivity contribution is 6.07. The van der Waals surface area contributed by atoms with Gasteiger partial charge in [-0.25, -0.2) is 4.39 Å². The van der Waals surface area contributed by atoms with Gasteiger partial charge in [0.2, 0.25) is 5.91 Å². The molecule has 4 aromatic rings. The van der Waals surface area contributed by atoms with Gasteiger partial charge in [0.15, 0.2) is 0 Å². The zero-order valence-electron chi connectivity index (χ0n) is 20.9. The van der Waals surface area contributed by atoms with Crippen LogP contribution in [0.3, 0.4) is 0 Å². The van der Waals surface area contributed by atoms with Gasteiger partial charge in [0.05, 0.1) is 13.7 Å². The molecule has 7 heteroatoms. The molecule has 0 aliphatic carbocycles. The number of amides is 2. The highest BCUT2D eigenvalue weighted by atomic mass is 19.1. The standard InChI is InChI=1S/C29H30FN3O3/c1-29(2,3)17-27(34)31-22-12-13-25-20(14-22)15-26(33(25)18-19-8-5-6-11-24(19)30)28(35)32-21-9-7-10-23(16-21)36-4/h5-16H,17-18H2,1-4H3,(H,31,34)(H,32,35). The van der Waals surface area contributed by atoms with E-state index in [1.54, 1.807) is 66.3 Å². The van der Waals surface area contributed by atoms with Gasteiger partial charge in [0.25, 0.3) is 5.91 Å². The number of hydrogen-bond acceptors (Lipinski definition) is 3. The van der Waals surface area contributed by atoms with E-state index in [-0.39, 0.29) is 29.6 Å². The molecular formula is C29H30FN3O3. The van der Waals surface area contributed by atoms with Gasteiger partial charge in [-0.3, -0.25) is 9.59 Å². The predicted octanol–water partition coefficient (Wildman–Crippen LogP) is 6.46. The topological polar surface area (TPSA) is 72.4 Å². The Labute approximate surface area is 210 Å². The first-order valence-corrected chi connectivity index (χ1v) is 11.7. The molecule has 6 nitrogen and oxygen atoms in total. The summed E-state index contributed by atoms with van der Waals surface area (Å²) in [6, 6.07) is 20.8. The molecule has 2 N–H and O–H groups in total. The van der Waals surface area contributed by atoms with E-state index in [2.05, 4.69) is 10.6 Å². The molecule has 0 aliphatic rings. The van der Waals surface area contributed by atoms with E-state index in [1.807, 2.05) is 32.9 Å². The van der Waals surface area contributed by atoms with Crippen molar-refractivity contribution in [3.8, 4) is 5.75 Å². The highest BCUT2D eigenvalue weighted by Gasteiger charge is 2.19. The minimum Gasteiger partial charge on any atom is -0.497 e. The molecule has 0 fully saturated rings. The van der Waals surface area contributed by atoms with Crippen molar-refractivity contribution in [2.75, 3.05) is 17.7 Å². The second-order valence-corrected chi connectivity index (χ2v) is 9.95. The zero-order chi connectivity index (χ0) is 25.9. The van der Waals surface area contributed by atoms with Crippen LogP contribution < -0.4 is 15.4 Å². The maximum absolute atomic E-state index is 14.5. The van der Waals surface area contributed by atoms with Crippen LogP contribution in [0.5, 0.6) is 5.75 Å². The summed E-state index contributed by atoms with van der Waals surface area (Å²) in [5.41, 5.74) is 2.67. The van der Waals surface area contributed by atoms with Crippen molar-refractivity contribution in [3.63, 3.8) is 0 Å². The fraction of sp³-hybridized carbons (Fsp3) is 0.241. The number of carbonyl (C=O) groups excluding carboxylic acids is 2. The van der Waals surface area contributed by atoms with Crippen molar-refractivity contribution >= 4 is 34.1 Å². The lowest BCUT2D eigenvalue weighted by atomic mass is 9.92. The number of ether oxygens (including phenoxy) is 1. The van der Waals surface area contributed by atoms with Crippen molar-refractivity contribution in [1.29, 1.82) is 0 Å². The summed E-state index contributed by atoms with van der Waals surface area (Å²) in [6.45, 7) is 6.19. The summed E-state index contributed by atoms with van der Waals surface area (Å²) >= 11 is 0.